The van der Waals surface area contributed by atoms with Crippen LogP contribution in [0.4, 0.5) is 0 Å². The maximum atomic E-state index is 5.53. The van der Waals surface area contributed by atoms with Crippen molar-refractivity contribution >= 4 is 0 Å². The Balaban J connectivity index is 2.35. The number of pyridine rings is 1. The van der Waals surface area contributed by atoms with Gasteiger partial charge in [0, 0.05) is 17.2 Å². The monoisotopic (exact) mass is 163 g/mol. The summed E-state index contributed by atoms with van der Waals surface area (Å²) in [6.45, 7) is 5.20. The molecule has 1 aliphatic heterocycles. The minimum Gasteiger partial charge on any atom is -0.477 e. The van der Waals surface area contributed by atoms with Gasteiger partial charge in [-0.25, -0.2) is 4.98 Å². The van der Waals surface area contributed by atoms with Crippen LogP contribution in [0.1, 0.15) is 19.4 Å². The van der Waals surface area contributed by atoms with Crippen LogP contribution in [0.25, 0.3) is 0 Å². The third-order valence-corrected chi connectivity index (χ3v) is 2.12. The lowest BCUT2D eigenvalue weighted by molar-refractivity contribution is 0.148. The molecule has 64 valence electrons. The molecule has 2 heteroatoms. The van der Waals surface area contributed by atoms with Crippen molar-refractivity contribution in [2.45, 2.75) is 20.3 Å². The molecule has 0 N–H and O–H groups in total. The molecule has 0 amide bonds. The Morgan fingerprint density at radius 1 is 1.50 bits per heavy atom. The highest BCUT2D eigenvalue weighted by atomic mass is 16.5. The van der Waals surface area contributed by atoms with Gasteiger partial charge in [0.05, 0.1) is 6.61 Å². The smallest absolute Gasteiger partial charge is 0.216 e. The largest absolute Gasteiger partial charge is 0.477 e. The number of nitrogens with zero attached hydrogens (tertiary/aromatic N) is 1. The SMILES string of the molecule is CC1(C)COc2ncccc2C1. The van der Waals surface area contributed by atoms with E-state index in [4.69, 9.17) is 4.74 Å². The number of hydrogen-bond donors (Lipinski definition) is 0. The number of rotatable bonds is 0. The van der Waals surface area contributed by atoms with Crippen molar-refractivity contribution in [3.05, 3.63) is 23.9 Å². The topological polar surface area (TPSA) is 22.1 Å². The summed E-state index contributed by atoms with van der Waals surface area (Å²) in [5.74, 6) is 0.817. The summed E-state index contributed by atoms with van der Waals surface area (Å²) in [6, 6.07) is 4.05. The van der Waals surface area contributed by atoms with Crippen LogP contribution in [-0.4, -0.2) is 11.6 Å². The fourth-order valence-electron chi connectivity index (χ4n) is 1.52. The molecule has 0 bridgehead atoms. The van der Waals surface area contributed by atoms with E-state index in [1.165, 1.54) is 5.56 Å². The molecule has 0 atom stereocenters. The Morgan fingerprint density at radius 2 is 2.33 bits per heavy atom. The van der Waals surface area contributed by atoms with Gasteiger partial charge in [-0.1, -0.05) is 19.9 Å². The van der Waals surface area contributed by atoms with Crippen molar-refractivity contribution in [1.29, 1.82) is 0 Å². The third kappa shape index (κ3) is 1.29. The highest BCUT2D eigenvalue weighted by Crippen LogP contribution is 2.31. The molecule has 12 heavy (non-hydrogen) atoms. The van der Waals surface area contributed by atoms with E-state index >= 15 is 0 Å². The third-order valence-electron chi connectivity index (χ3n) is 2.12. The molecular formula is C10H13NO. The van der Waals surface area contributed by atoms with Crippen molar-refractivity contribution < 1.29 is 4.74 Å². The lowest BCUT2D eigenvalue weighted by Gasteiger charge is -2.30. The summed E-state index contributed by atoms with van der Waals surface area (Å²) in [5.41, 5.74) is 1.49. The van der Waals surface area contributed by atoms with E-state index < -0.39 is 0 Å². The normalized spacial score (nSPS) is 19.5. The number of hydrogen-bond acceptors (Lipinski definition) is 2. The van der Waals surface area contributed by atoms with Gasteiger partial charge in [-0.05, 0) is 12.5 Å². The van der Waals surface area contributed by atoms with Crippen molar-refractivity contribution in [3.8, 4) is 5.88 Å². The van der Waals surface area contributed by atoms with E-state index in [-0.39, 0.29) is 5.41 Å². The molecule has 0 saturated heterocycles. The molecule has 0 aliphatic carbocycles. The maximum Gasteiger partial charge on any atom is 0.216 e. The molecule has 2 nitrogen and oxygen atoms in total. The number of fused-ring (bicyclic) bond motifs is 1. The first-order valence-electron chi connectivity index (χ1n) is 4.24. The van der Waals surface area contributed by atoms with Gasteiger partial charge in [0.1, 0.15) is 0 Å². The molecule has 1 aliphatic rings. The fourth-order valence-corrected chi connectivity index (χ4v) is 1.52. The van der Waals surface area contributed by atoms with E-state index in [0.717, 1.165) is 18.9 Å². The molecule has 0 unspecified atom stereocenters. The molecule has 0 saturated carbocycles. The quantitative estimate of drug-likeness (QED) is 0.584. The summed E-state index contributed by atoms with van der Waals surface area (Å²) in [6.07, 6.45) is 2.84. The predicted octanol–water partition coefficient (Wildman–Crippen LogP) is 2.04. The van der Waals surface area contributed by atoms with E-state index in [2.05, 4.69) is 24.9 Å². The summed E-state index contributed by atoms with van der Waals surface area (Å²) >= 11 is 0. The zero-order chi connectivity index (χ0) is 8.60. The lowest BCUT2D eigenvalue weighted by atomic mass is 9.85. The summed E-state index contributed by atoms with van der Waals surface area (Å²) in [7, 11) is 0. The minimum absolute atomic E-state index is 0.260. The predicted molar refractivity (Wildman–Crippen MR) is 47.2 cm³/mol. The molecule has 1 aromatic heterocycles. The number of aromatic nitrogens is 1. The van der Waals surface area contributed by atoms with Gasteiger partial charge in [0.2, 0.25) is 5.88 Å². The molecule has 1 aromatic rings. The highest BCUT2D eigenvalue weighted by Gasteiger charge is 2.26. The standard InChI is InChI=1S/C10H13NO/c1-10(2)6-8-4-3-5-11-9(8)12-7-10/h3-5H,6-7H2,1-2H3. The highest BCUT2D eigenvalue weighted by molar-refractivity contribution is 5.28. The van der Waals surface area contributed by atoms with E-state index in [1.54, 1.807) is 6.20 Å². The van der Waals surface area contributed by atoms with E-state index in [0.29, 0.717) is 0 Å². The first kappa shape index (κ1) is 7.59. The van der Waals surface area contributed by atoms with Crippen LogP contribution in [0.3, 0.4) is 0 Å². The van der Waals surface area contributed by atoms with Gasteiger partial charge in [-0.2, -0.15) is 0 Å². The minimum atomic E-state index is 0.260. The Hall–Kier alpha value is -1.05. The van der Waals surface area contributed by atoms with Crippen molar-refractivity contribution in [3.63, 3.8) is 0 Å². The molecule has 0 aromatic carbocycles. The Morgan fingerprint density at radius 3 is 3.17 bits per heavy atom. The molecule has 0 radical (unpaired) electrons. The summed E-state index contributed by atoms with van der Waals surface area (Å²) in [4.78, 5) is 4.16. The summed E-state index contributed by atoms with van der Waals surface area (Å²) < 4.78 is 5.53. The second-order valence-electron chi connectivity index (χ2n) is 4.10. The number of ether oxygens (including phenoxy) is 1. The zero-order valence-electron chi connectivity index (χ0n) is 7.50. The molecule has 2 heterocycles. The second kappa shape index (κ2) is 2.47. The van der Waals surface area contributed by atoms with Crippen LogP contribution in [0.2, 0.25) is 0 Å². The Labute approximate surface area is 72.6 Å². The van der Waals surface area contributed by atoms with Crippen LogP contribution in [0.15, 0.2) is 18.3 Å². The average Bonchev–Trinajstić information content (AvgIpc) is 2.02. The molecular weight excluding hydrogens is 150 g/mol. The van der Waals surface area contributed by atoms with Crippen LogP contribution in [0, 0.1) is 5.41 Å². The Bertz CT molecular complexity index is 294. The van der Waals surface area contributed by atoms with Gasteiger partial charge in [-0.3, -0.25) is 0 Å². The lowest BCUT2D eigenvalue weighted by Crippen LogP contribution is -2.29. The zero-order valence-corrected chi connectivity index (χ0v) is 7.50. The van der Waals surface area contributed by atoms with Crippen LogP contribution >= 0.6 is 0 Å². The molecule has 0 spiro atoms. The molecule has 2 rings (SSSR count). The van der Waals surface area contributed by atoms with Crippen molar-refractivity contribution in [2.24, 2.45) is 5.41 Å². The van der Waals surface area contributed by atoms with E-state index in [1.807, 2.05) is 6.07 Å². The summed E-state index contributed by atoms with van der Waals surface area (Å²) in [5, 5.41) is 0. The van der Waals surface area contributed by atoms with E-state index in [9.17, 15) is 0 Å². The van der Waals surface area contributed by atoms with Gasteiger partial charge in [0.15, 0.2) is 0 Å². The van der Waals surface area contributed by atoms with Gasteiger partial charge in [-0.15, -0.1) is 0 Å². The van der Waals surface area contributed by atoms with Crippen molar-refractivity contribution in [2.75, 3.05) is 6.61 Å². The van der Waals surface area contributed by atoms with Crippen LogP contribution < -0.4 is 4.74 Å². The first-order chi connectivity index (χ1) is 5.67. The van der Waals surface area contributed by atoms with Crippen LogP contribution in [-0.2, 0) is 6.42 Å². The fraction of sp³-hybridized carbons (Fsp3) is 0.500. The van der Waals surface area contributed by atoms with Crippen LogP contribution in [0.5, 0.6) is 5.88 Å². The maximum absolute atomic E-state index is 5.53. The van der Waals surface area contributed by atoms with Gasteiger partial charge in [0.25, 0.3) is 0 Å². The molecule has 0 fully saturated rings. The van der Waals surface area contributed by atoms with Gasteiger partial charge >= 0.3 is 0 Å². The second-order valence-corrected chi connectivity index (χ2v) is 4.10. The average molecular weight is 163 g/mol. The van der Waals surface area contributed by atoms with Gasteiger partial charge < -0.3 is 4.74 Å². The first-order valence-corrected chi connectivity index (χ1v) is 4.24. The Kier molecular flexibility index (Phi) is 1.56. The van der Waals surface area contributed by atoms with Crippen molar-refractivity contribution in [1.82, 2.24) is 4.98 Å².